The van der Waals surface area contributed by atoms with E-state index in [1.807, 2.05) is 30.3 Å². The van der Waals surface area contributed by atoms with Crippen LogP contribution in [0.15, 0.2) is 60.7 Å². The fourth-order valence-electron chi connectivity index (χ4n) is 2.11. The van der Waals surface area contributed by atoms with E-state index in [0.717, 1.165) is 10.9 Å². The Bertz CT molecular complexity index is 857. The molecule has 0 aliphatic rings. The van der Waals surface area contributed by atoms with Crippen LogP contribution in [-0.2, 0) is 0 Å². The average Bonchev–Trinajstić information content (AvgIpc) is 2.55. The third kappa shape index (κ3) is 2.78. The highest BCUT2D eigenvalue weighted by Crippen LogP contribution is 2.14. The molecule has 0 aliphatic heterocycles. The molecule has 2 aromatic carbocycles. The molecule has 0 unspecified atom stereocenters. The number of fused-ring (bicyclic) bond motifs is 1. The number of aromatic nitrogens is 1. The number of primary amides is 1. The number of carbonyl (C=O) groups is 2. The van der Waals surface area contributed by atoms with Crippen LogP contribution >= 0.6 is 0 Å². The van der Waals surface area contributed by atoms with Gasteiger partial charge in [0.05, 0.1) is 5.52 Å². The van der Waals surface area contributed by atoms with Gasteiger partial charge in [0.1, 0.15) is 5.69 Å². The molecule has 108 valence electrons. The van der Waals surface area contributed by atoms with Gasteiger partial charge in [-0.3, -0.25) is 9.59 Å². The number of rotatable bonds is 3. The number of pyridine rings is 1. The molecule has 5 nitrogen and oxygen atoms in total. The van der Waals surface area contributed by atoms with Crippen LogP contribution in [0.1, 0.15) is 20.8 Å². The van der Waals surface area contributed by atoms with Gasteiger partial charge in [-0.25, -0.2) is 4.98 Å². The zero-order chi connectivity index (χ0) is 15.5. The fraction of sp³-hybridized carbons (Fsp3) is 0. The molecule has 0 saturated carbocycles. The van der Waals surface area contributed by atoms with E-state index >= 15 is 0 Å². The highest BCUT2D eigenvalue weighted by molar-refractivity contribution is 6.04. The van der Waals surface area contributed by atoms with Crippen LogP contribution < -0.4 is 11.1 Å². The maximum atomic E-state index is 12.2. The zero-order valence-corrected chi connectivity index (χ0v) is 11.6. The second kappa shape index (κ2) is 5.65. The standard InChI is InChI=1S/C17H13N3O2/c18-16(21)12-5-8-13(9-6-12)19-17(22)15-10-7-11-3-1-2-4-14(11)20-15/h1-10H,(H2,18,21)(H,19,22). The summed E-state index contributed by atoms with van der Waals surface area (Å²) in [5.74, 6) is -0.813. The first-order valence-electron chi connectivity index (χ1n) is 6.70. The predicted octanol–water partition coefficient (Wildman–Crippen LogP) is 2.59. The molecule has 2 amide bonds. The SMILES string of the molecule is NC(=O)c1ccc(NC(=O)c2ccc3ccccc3n2)cc1. The van der Waals surface area contributed by atoms with Crippen molar-refractivity contribution in [3.05, 3.63) is 71.9 Å². The summed E-state index contributed by atoms with van der Waals surface area (Å²) in [6, 6.07) is 17.5. The number of amides is 2. The third-order valence-corrected chi connectivity index (χ3v) is 3.26. The number of nitrogens with two attached hydrogens (primary N) is 1. The molecule has 3 N–H and O–H groups in total. The van der Waals surface area contributed by atoms with Crippen LogP contribution in [0.5, 0.6) is 0 Å². The first kappa shape index (κ1) is 13.8. The molecule has 22 heavy (non-hydrogen) atoms. The van der Waals surface area contributed by atoms with Crippen molar-refractivity contribution in [2.45, 2.75) is 0 Å². The topological polar surface area (TPSA) is 85.1 Å². The second-order valence-corrected chi connectivity index (χ2v) is 4.78. The van der Waals surface area contributed by atoms with Crippen molar-refractivity contribution in [2.24, 2.45) is 5.73 Å². The zero-order valence-electron chi connectivity index (χ0n) is 11.6. The van der Waals surface area contributed by atoms with Crippen molar-refractivity contribution in [3.8, 4) is 0 Å². The Labute approximate surface area is 126 Å². The summed E-state index contributed by atoms with van der Waals surface area (Å²) in [5, 5.41) is 3.71. The van der Waals surface area contributed by atoms with Crippen molar-refractivity contribution in [1.29, 1.82) is 0 Å². The number of benzene rings is 2. The van der Waals surface area contributed by atoms with Gasteiger partial charge in [0.2, 0.25) is 5.91 Å². The molecule has 0 bridgehead atoms. The van der Waals surface area contributed by atoms with Gasteiger partial charge in [-0.1, -0.05) is 24.3 Å². The predicted molar refractivity (Wildman–Crippen MR) is 84.7 cm³/mol. The molecule has 0 fully saturated rings. The lowest BCUT2D eigenvalue weighted by atomic mass is 10.2. The van der Waals surface area contributed by atoms with Crippen molar-refractivity contribution in [3.63, 3.8) is 0 Å². The number of hydrogen-bond donors (Lipinski definition) is 2. The van der Waals surface area contributed by atoms with Crippen molar-refractivity contribution in [1.82, 2.24) is 4.98 Å². The van der Waals surface area contributed by atoms with E-state index in [4.69, 9.17) is 5.73 Å². The van der Waals surface area contributed by atoms with Crippen LogP contribution in [-0.4, -0.2) is 16.8 Å². The summed E-state index contributed by atoms with van der Waals surface area (Å²) in [7, 11) is 0. The molecule has 3 rings (SSSR count). The van der Waals surface area contributed by atoms with Gasteiger partial charge in [-0.05, 0) is 36.4 Å². The number of nitrogens with one attached hydrogen (secondary N) is 1. The molecule has 0 aliphatic carbocycles. The van der Waals surface area contributed by atoms with Crippen LogP contribution in [0, 0.1) is 0 Å². The lowest BCUT2D eigenvalue weighted by molar-refractivity contribution is 0.0998. The maximum absolute atomic E-state index is 12.2. The van der Waals surface area contributed by atoms with E-state index in [1.54, 1.807) is 30.3 Å². The van der Waals surface area contributed by atoms with Crippen molar-refractivity contribution in [2.75, 3.05) is 5.32 Å². The van der Waals surface area contributed by atoms with E-state index in [1.165, 1.54) is 0 Å². The fourth-order valence-corrected chi connectivity index (χ4v) is 2.11. The molecular weight excluding hydrogens is 278 g/mol. The second-order valence-electron chi connectivity index (χ2n) is 4.78. The summed E-state index contributed by atoms with van der Waals surface area (Å²) >= 11 is 0. The van der Waals surface area contributed by atoms with Gasteiger partial charge in [-0.15, -0.1) is 0 Å². The Kier molecular flexibility index (Phi) is 3.53. The highest BCUT2D eigenvalue weighted by Gasteiger charge is 2.09. The van der Waals surface area contributed by atoms with Gasteiger partial charge in [0.25, 0.3) is 5.91 Å². The number of para-hydroxylation sites is 1. The Morgan fingerprint density at radius 2 is 1.64 bits per heavy atom. The minimum Gasteiger partial charge on any atom is -0.366 e. The highest BCUT2D eigenvalue weighted by atomic mass is 16.2. The minimum atomic E-state index is -0.505. The summed E-state index contributed by atoms with van der Waals surface area (Å²) in [4.78, 5) is 27.5. The third-order valence-electron chi connectivity index (χ3n) is 3.26. The number of hydrogen-bond acceptors (Lipinski definition) is 3. The summed E-state index contributed by atoms with van der Waals surface area (Å²) in [6.07, 6.45) is 0. The Hall–Kier alpha value is -3.21. The molecule has 5 heteroatoms. The van der Waals surface area contributed by atoms with Gasteiger partial charge in [0, 0.05) is 16.6 Å². The summed E-state index contributed by atoms with van der Waals surface area (Å²) in [5.41, 5.74) is 7.23. The van der Waals surface area contributed by atoms with E-state index < -0.39 is 5.91 Å². The smallest absolute Gasteiger partial charge is 0.274 e. The molecule has 0 spiro atoms. The Morgan fingerprint density at radius 1 is 0.909 bits per heavy atom. The molecule has 3 aromatic rings. The van der Waals surface area contributed by atoms with Crippen LogP contribution in [0.2, 0.25) is 0 Å². The number of anilines is 1. The van der Waals surface area contributed by atoms with Crippen LogP contribution in [0.4, 0.5) is 5.69 Å². The normalized spacial score (nSPS) is 10.4. The molecule has 0 radical (unpaired) electrons. The minimum absolute atomic E-state index is 0.308. The maximum Gasteiger partial charge on any atom is 0.274 e. The van der Waals surface area contributed by atoms with Gasteiger partial charge < -0.3 is 11.1 Å². The van der Waals surface area contributed by atoms with Crippen LogP contribution in [0.25, 0.3) is 10.9 Å². The summed E-state index contributed by atoms with van der Waals surface area (Å²) < 4.78 is 0. The van der Waals surface area contributed by atoms with Gasteiger partial charge >= 0.3 is 0 Å². The molecule has 1 aromatic heterocycles. The van der Waals surface area contributed by atoms with E-state index in [0.29, 0.717) is 16.9 Å². The first-order chi connectivity index (χ1) is 10.6. The molecular formula is C17H13N3O2. The Morgan fingerprint density at radius 3 is 2.36 bits per heavy atom. The first-order valence-corrected chi connectivity index (χ1v) is 6.70. The lowest BCUT2D eigenvalue weighted by Crippen LogP contribution is -2.14. The summed E-state index contributed by atoms with van der Waals surface area (Å²) in [6.45, 7) is 0. The Balaban J connectivity index is 1.81. The molecule has 0 saturated heterocycles. The molecule has 0 atom stereocenters. The largest absolute Gasteiger partial charge is 0.366 e. The number of carbonyl (C=O) groups excluding carboxylic acids is 2. The monoisotopic (exact) mass is 291 g/mol. The van der Waals surface area contributed by atoms with E-state index in [2.05, 4.69) is 10.3 Å². The average molecular weight is 291 g/mol. The quantitative estimate of drug-likeness (QED) is 0.777. The van der Waals surface area contributed by atoms with E-state index in [-0.39, 0.29) is 5.91 Å². The molecule has 1 heterocycles. The number of nitrogens with zero attached hydrogens (tertiary/aromatic N) is 1. The van der Waals surface area contributed by atoms with Gasteiger partial charge in [-0.2, -0.15) is 0 Å². The lowest BCUT2D eigenvalue weighted by Gasteiger charge is -2.06. The van der Waals surface area contributed by atoms with Crippen molar-refractivity contribution >= 4 is 28.4 Å². The van der Waals surface area contributed by atoms with Gasteiger partial charge in [0.15, 0.2) is 0 Å². The van der Waals surface area contributed by atoms with E-state index in [9.17, 15) is 9.59 Å². The van der Waals surface area contributed by atoms with Crippen LogP contribution in [0.3, 0.4) is 0 Å². The van der Waals surface area contributed by atoms with Crippen molar-refractivity contribution < 1.29 is 9.59 Å².